The van der Waals surface area contributed by atoms with E-state index in [1.165, 1.54) is 11.3 Å². The molecule has 0 aliphatic heterocycles. The summed E-state index contributed by atoms with van der Waals surface area (Å²) in [5.41, 5.74) is 2.74. The Hall–Kier alpha value is -2.65. The van der Waals surface area contributed by atoms with Crippen LogP contribution in [-0.4, -0.2) is 11.1 Å². The molecule has 0 fully saturated rings. The van der Waals surface area contributed by atoms with Crippen molar-refractivity contribution in [2.75, 3.05) is 0 Å². The third-order valence-electron chi connectivity index (χ3n) is 4.27. The molecular formula is C20H14O2S. The maximum Gasteiger partial charge on any atom is 0.324 e. The first-order chi connectivity index (χ1) is 11.3. The van der Waals surface area contributed by atoms with Gasteiger partial charge in [0.2, 0.25) is 0 Å². The summed E-state index contributed by atoms with van der Waals surface area (Å²) in [5, 5.41) is 12.0. The fourth-order valence-corrected chi connectivity index (χ4v) is 4.20. The lowest BCUT2D eigenvalue weighted by atomic mass is 9.91. The summed E-state index contributed by atoms with van der Waals surface area (Å²) in [7, 11) is 0. The fourth-order valence-electron chi connectivity index (χ4n) is 3.27. The molecule has 2 aromatic carbocycles. The van der Waals surface area contributed by atoms with Gasteiger partial charge >= 0.3 is 5.97 Å². The van der Waals surface area contributed by atoms with Crippen molar-refractivity contribution in [1.82, 2.24) is 0 Å². The lowest BCUT2D eigenvalue weighted by molar-refractivity contribution is -0.138. The molecular weight excluding hydrogens is 304 g/mol. The van der Waals surface area contributed by atoms with Crippen LogP contribution >= 0.6 is 11.3 Å². The molecule has 4 rings (SSSR count). The smallest absolute Gasteiger partial charge is 0.324 e. The molecule has 0 unspecified atom stereocenters. The molecule has 1 aliphatic rings. The second-order valence-corrected chi connectivity index (χ2v) is 6.46. The third-order valence-corrected chi connectivity index (χ3v) is 5.26. The fraction of sp³-hybridized carbons (Fsp3) is 0.0500. The largest absolute Gasteiger partial charge is 0.480 e. The van der Waals surface area contributed by atoms with Crippen molar-refractivity contribution in [3.8, 4) is 0 Å². The molecule has 0 bridgehead atoms. The highest BCUT2D eigenvalue weighted by molar-refractivity contribution is 7.10. The van der Waals surface area contributed by atoms with Crippen molar-refractivity contribution in [2.24, 2.45) is 0 Å². The van der Waals surface area contributed by atoms with Crippen LogP contribution in [0.3, 0.4) is 0 Å². The maximum absolute atomic E-state index is 12.3. The van der Waals surface area contributed by atoms with Crippen molar-refractivity contribution in [3.63, 3.8) is 0 Å². The molecule has 3 heteroatoms. The zero-order chi connectivity index (χ0) is 15.9. The molecule has 1 aliphatic carbocycles. The molecule has 2 nitrogen and oxygen atoms in total. The van der Waals surface area contributed by atoms with Crippen molar-refractivity contribution in [3.05, 3.63) is 94.2 Å². The van der Waals surface area contributed by atoms with Crippen LogP contribution < -0.4 is 0 Å². The Balaban J connectivity index is 1.96. The highest BCUT2D eigenvalue weighted by Gasteiger charge is 2.62. The van der Waals surface area contributed by atoms with E-state index in [9.17, 15) is 9.90 Å². The van der Waals surface area contributed by atoms with Crippen LogP contribution in [0.1, 0.15) is 16.0 Å². The number of hydrogen-bond donors (Lipinski definition) is 1. The van der Waals surface area contributed by atoms with E-state index in [0.29, 0.717) is 0 Å². The average molecular weight is 318 g/mol. The first-order valence-electron chi connectivity index (χ1n) is 7.39. The van der Waals surface area contributed by atoms with Crippen LogP contribution in [-0.2, 0) is 10.2 Å². The molecule has 1 heterocycles. The van der Waals surface area contributed by atoms with Gasteiger partial charge in [-0.15, -0.1) is 11.3 Å². The highest BCUT2D eigenvalue weighted by atomic mass is 32.1. The Morgan fingerprint density at radius 3 is 1.70 bits per heavy atom. The molecule has 0 spiro atoms. The second kappa shape index (κ2) is 5.21. The Kier molecular flexibility index (Phi) is 3.17. The van der Waals surface area contributed by atoms with Crippen LogP contribution in [0.2, 0.25) is 0 Å². The Morgan fingerprint density at radius 1 is 0.783 bits per heavy atom. The van der Waals surface area contributed by atoms with E-state index in [4.69, 9.17) is 0 Å². The van der Waals surface area contributed by atoms with Gasteiger partial charge in [-0.3, -0.25) is 4.79 Å². The Morgan fingerprint density at radius 2 is 1.30 bits per heavy atom. The van der Waals surface area contributed by atoms with E-state index in [0.717, 1.165) is 27.2 Å². The average Bonchev–Trinajstić information content (AvgIpc) is 3.00. The van der Waals surface area contributed by atoms with Crippen LogP contribution in [0.15, 0.2) is 78.2 Å². The monoisotopic (exact) mass is 318 g/mol. The summed E-state index contributed by atoms with van der Waals surface area (Å²) >= 11 is 1.50. The number of carboxylic acid groups (broad SMARTS) is 1. The van der Waals surface area contributed by atoms with Gasteiger partial charge in [-0.1, -0.05) is 66.7 Å². The van der Waals surface area contributed by atoms with E-state index in [1.807, 2.05) is 78.2 Å². The van der Waals surface area contributed by atoms with Gasteiger partial charge in [0.15, 0.2) is 5.41 Å². The summed E-state index contributed by atoms with van der Waals surface area (Å²) in [6, 6.07) is 23.4. The number of carbonyl (C=O) groups is 1. The van der Waals surface area contributed by atoms with Gasteiger partial charge in [-0.2, -0.15) is 0 Å². The quantitative estimate of drug-likeness (QED) is 0.757. The first kappa shape index (κ1) is 14.0. The van der Waals surface area contributed by atoms with Crippen molar-refractivity contribution in [1.29, 1.82) is 0 Å². The van der Waals surface area contributed by atoms with Crippen LogP contribution in [0, 0.1) is 0 Å². The number of carboxylic acids is 1. The van der Waals surface area contributed by atoms with Crippen molar-refractivity contribution < 1.29 is 9.90 Å². The molecule has 0 saturated heterocycles. The summed E-state index contributed by atoms with van der Waals surface area (Å²) in [4.78, 5) is 13.2. The molecule has 0 saturated carbocycles. The molecule has 1 N–H and O–H groups in total. The molecule has 1 aromatic heterocycles. The van der Waals surface area contributed by atoms with Crippen LogP contribution in [0.5, 0.6) is 0 Å². The maximum atomic E-state index is 12.3. The van der Waals surface area contributed by atoms with Crippen LogP contribution in [0.25, 0.3) is 11.1 Å². The van der Waals surface area contributed by atoms with E-state index in [2.05, 4.69) is 0 Å². The molecule has 3 aromatic rings. The number of thiophene rings is 1. The summed E-state index contributed by atoms with van der Waals surface area (Å²) in [6.07, 6.45) is 0. The number of benzene rings is 2. The van der Waals surface area contributed by atoms with E-state index in [1.54, 1.807) is 0 Å². The predicted octanol–water partition coefficient (Wildman–Crippen LogP) is 4.70. The normalized spacial score (nSPS) is 15.5. The van der Waals surface area contributed by atoms with Gasteiger partial charge in [0.1, 0.15) is 0 Å². The number of rotatable bonds is 4. The summed E-state index contributed by atoms with van der Waals surface area (Å²) < 4.78 is 0. The molecule has 112 valence electrons. The minimum atomic E-state index is -1.02. The third kappa shape index (κ3) is 1.97. The van der Waals surface area contributed by atoms with Gasteiger partial charge in [0, 0.05) is 4.88 Å². The van der Waals surface area contributed by atoms with Crippen molar-refractivity contribution >= 4 is 28.5 Å². The van der Waals surface area contributed by atoms with E-state index >= 15 is 0 Å². The number of hydrogen-bond acceptors (Lipinski definition) is 2. The van der Waals surface area contributed by atoms with E-state index < -0.39 is 11.4 Å². The second-order valence-electron chi connectivity index (χ2n) is 5.51. The van der Waals surface area contributed by atoms with Gasteiger partial charge in [0.05, 0.1) is 0 Å². The number of aliphatic carboxylic acids is 1. The Labute approximate surface area is 138 Å². The zero-order valence-electron chi connectivity index (χ0n) is 12.3. The zero-order valence-corrected chi connectivity index (χ0v) is 13.1. The molecule has 23 heavy (non-hydrogen) atoms. The first-order valence-corrected chi connectivity index (χ1v) is 8.27. The van der Waals surface area contributed by atoms with Crippen molar-refractivity contribution in [2.45, 2.75) is 5.41 Å². The molecule has 0 atom stereocenters. The highest BCUT2D eigenvalue weighted by Crippen LogP contribution is 2.65. The van der Waals surface area contributed by atoms with Gasteiger partial charge in [0.25, 0.3) is 0 Å². The lowest BCUT2D eigenvalue weighted by Gasteiger charge is -2.14. The van der Waals surface area contributed by atoms with E-state index in [-0.39, 0.29) is 0 Å². The lowest BCUT2D eigenvalue weighted by Crippen LogP contribution is -2.24. The van der Waals surface area contributed by atoms with Gasteiger partial charge in [-0.25, -0.2) is 0 Å². The van der Waals surface area contributed by atoms with Crippen LogP contribution in [0.4, 0.5) is 0 Å². The predicted molar refractivity (Wildman–Crippen MR) is 93.3 cm³/mol. The standard InChI is InChI=1S/C20H14O2S/c21-19(22)20(16-12-7-13-23-16)17(14-8-3-1-4-9-14)18(20)15-10-5-2-6-11-15/h1-13H,(H,21,22). The minimum absolute atomic E-state index is 0.808. The topological polar surface area (TPSA) is 37.3 Å². The molecule has 0 amide bonds. The van der Waals surface area contributed by atoms with Gasteiger partial charge in [-0.05, 0) is 33.7 Å². The van der Waals surface area contributed by atoms with Gasteiger partial charge < -0.3 is 5.11 Å². The SMILES string of the molecule is O=C(O)C1(c2cccs2)C(c2ccccc2)=C1c1ccccc1. The summed E-state index contributed by atoms with van der Waals surface area (Å²) in [6.45, 7) is 0. The summed E-state index contributed by atoms with van der Waals surface area (Å²) in [5.74, 6) is -0.808. The minimum Gasteiger partial charge on any atom is -0.480 e. The molecule has 0 radical (unpaired) electrons. The Bertz CT molecular complexity index is 828.